The minimum Gasteiger partial charge on any atom is -0.496 e. The number of halogens is 1. The van der Waals surface area contributed by atoms with Crippen LogP contribution >= 0.6 is 0 Å². The van der Waals surface area contributed by atoms with Crippen molar-refractivity contribution in [1.82, 2.24) is 5.16 Å². The number of anilines is 1. The molecule has 2 aromatic rings. The number of benzene rings is 1. The van der Waals surface area contributed by atoms with E-state index >= 15 is 0 Å². The van der Waals surface area contributed by atoms with Crippen LogP contribution in [0.3, 0.4) is 0 Å². The van der Waals surface area contributed by atoms with E-state index in [0.29, 0.717) is 22.6 Å². The maximum atomic E-state index is 13.2. The lowest BCUT2D eigenvalue weighted by Gasteiger charge is -2.06. The van der Waals surface area contributed by atoms with Gasteiger partial charge in [0.05, 0.1) is 7.11 Å². The van der Waals surface area contributed by atoms with Gasteiger partial charge in [0.2, 0.25) is 5.88 Å². The molecule has 0 atom stereocenters. The normalized spacial score (nSPS) is 10.4. The van der Waals surface area contributed by atoms with Crippen molar-refractivity contribution in [3.8, 4) is 17.0 Å². The van der Waals surface area contributed by atoms with E-state index in [1.807, 2.05) is 0 Å². The predicted octanol–water partition coefficient (Wildman–Crippen LogP) is 2.38. The van der Waals surface area contributed by atoms with Gasteiger partial charge in [-0.3, -0.25) is 0 Å². The molecule has 0 radical (unpaired) electrons. The number of hydrogen-bond donors (Lipinski definition) is 1. The number of aromatic nitrogens is 1. The first-order chi connectivity index (χ1) is 7.63. The van der Waals surface area contributed by atoms with Crippen molar-refractivity contribution in [2.75, 3.05) is 12.8 Å². The standard InChI is InChI=1S/C11H11FN2O2/c1-6-10(14-16-11(6)13)8-5-7(12)3-4-9(8)15-2/h3-5H,13H2,1-2H3. The second kappa shape index (κ2) is 3.84. The molecule has 0 saturated heterocycles. The molecule has 4 nitrogen and oxygen atoms in total. The Morgan fingerprint density at radius 3 is 2.75 bits per heavy atom. The summed E-state index contributed by atoms with van der Waals surface area (Å²) in [6.45, 7) is 1.76. The quantitative estimate of drug-likeness (QED) is 0.847. The van der Waals surface area contributed by atoms with E-state index in [9.17, 15) is 4.39 Å². The minimum atomic E-state index is -0.364. The Morgan fingerprint density at radius 1 is 1.44 bits per heavy atom. The average molecular weight is 222 g/mol. The zero-order valence-corrected chi connectivity index (χ0v) is 8.95. The van der Waals surface area contributed by atoms with Gasteiger partial charge < -0.3 is 15.0 Å². The maximum absolute atomic E-state index is 13.2. The van der Waals surface area contributed by atoms with Crippen LogP contribution in [0, 0.1) is 12.7 Å². The highest BCUT2D eigenvalue weighted by molar-refractivity contribution is 5.72. The Balaban J connectivity index is 2.62. The number of nitrogen functional groups attached to an aromatic ring is 1. The third-order valence-electron chi connectivity index (χ3n) is 2.38. The first kappa shape index (κ1) is 10.5. The van der Waals surface area contributed by atoms with E-state index in [4.69, 9.17) is 15.0 Å². The summed E-state index contributed by atoms with van der Waals surface area (Å²) < 4.78 is 23.1. The van der Waals surface area contributed by atoms with Crippen molar-refractivity contribution in [3.63, 3.8) is 0 Å². The number of ether oxygens (including phenoxy) is 1. The summed E-state index contributed by atoms with van der Waals surface area (Å²) in [5, 5.41) is 3.79. The van der Waals surface area contributed by atoms with Gasteiger partial charge >= 0.3 is 0 Å². The topological polar surface area (TPSA) is 61.3 Å². The number of nitrogens with zero attached hydrogens (tertiary/aromatic N) is 1. The van der Waals surface area contributed by atoms with Crippen molar-refractivity contribution < 1.29 is 13.7 Å². The molecule has 1 aromatic carbocycles. The molecule has 1 heterocycles. The molecular weight excluding hydrogens is 211 g/mol. The first-order valence-corrected chi connectivity index (χ1v) is 4.69. The van der Waals surface area contributed by atoms with Crippen molar-refractivity contribution >= 4 is 5.88 Å². The molecule has 0 aliphatic heterocycles. The van der Waals surface area contributed by atoms with Crippen LogP contribution < -0.4 is 10.5 Å². The Labute approximate surface area is 91.8 Å². The van der Waals surface area contributed by atoms with Crippen molar-refractivity contribution in [2.24, 2.45) is 0 Å². The summed E-state index contributed by atoms with van der Waals surface area (Å²) in [6.07, 6.45) is 0. The first-order valence-electron chi connectivity index (χ1n) is 4.69. The summed E-state index contributed by atoms with van der Waals surface area (Å²) in [6, 6.07) is 4.19. The predicted molar refractivity (Wildman–Crippen MR) is 57.6 cm³/mol. The van der Waals surface area contributed by atoms with Crippen LogP contribution in [0.1, 0.15) is 5.56 Å². The summed E-state index contributed by atoms with van der Waals surface area (Å²) >= 11 is 0. The highest BCUT2D eigenvalue weighted by Crippen LogP contribution is 2.33. The second-order valence-electron chi connectivity index (χ2n) is 3.37. The van der Waals surface area contributed by atoms with E-state index in [0.717, 1.165) is 0 Å². The molecule has 0 fully saturated rings. The molecule has 1 aromatic heterocycles. The summed E-state index contributed by atoms with van der Waals surface area (Å²) in [5.74, 6) is 0.385. The van der Waals surface area contributed by atoms with Crippen LogP contribution in [0.4, 0.5) is 10.3 Å². The molecule has 0 bridgehead atoms. The van der Waals surface area contributed by atoms with E-state index in [-0.39, 0.29) is 11.7 Å². The largest absolute Gasteiger partial charge is 0.496 e. The number of hydrogen-bond acceptors (Lipinski definition) is 4. The highest BCUT2D eigenvalue weighted by atomic mass is 19.1. The highest BCUT2D eigenvalue weighted by Gasteiger charge is 2.16. The zero-order chi connectivity index (χ0) is 11.7. The van der Waals surface area contributed by atoms with Crippen molar-refractivity contribution in [2.45, 2.75) is 6.92 Å². The lowest BCUT2D eigenvalue weighted by atomic mass is 10.1. The van der Waals surface area contributed by atoms with E-state index < -0.39 is 0 Å². The molecule has 0 aliphatic rings. The molecule has 0 spiro atoms. The fourth-order valence-corrected chi connectivity index (χ4v) is 1.46. The fraction of sp³-hybridized carbons (Fsp3) is 0.182. The van der Waals surface area contributed by atoms with Gasteiger partial charge in [-0.2, -0.15) is 0 Å². The van der Waals surface area contributed by atoms with Gasteiger partial charge in [0, 0.05) is 11.1 Å². The van der Waals surface area contributed by atoms with Gasteiger partial charge in [-0.15, -0.1) is 0 Å². The van der Waals surface area contributed by atoms with Crippen LogP contribution in [0.5, 0.6) is 5.75 Å². The Kier molecular flexibility index (Phi) is 2.52. The number of nitrogens with two attached hydrogens (primary N) is 1. The van der Waals surface area contributed by atoms with E-state index in [1.54, 1.807) is 6.92 Å². The molecule has 2 rings (SSSR count). The lowest BCUT2D eigenvalue weighted by Crippen LogP contribution is -1.91. The molecule has 2 N–H and O–H groups in total. The summed E-state index contributed by atoms with van der Waals surface area (Å²) in [7, 11) is 1.51. The van der Waals surface area contributed by atoms with E-state index in [1.165, 1.54) is 25.3 Å². The Morgan fingerprint density at radius 2 is 2.19 bits per heavy atom. The zero-order valence-electron chi connectivity index (χ0n) is 8.95. The number of methoxy groups -OCH3 is 1. The molecule has 5 heteroatoms. The average Bonchev–Trinajstić information content (AvgIpc) is 2.60. The van der Waals surface area contributed by atoms with Crippen LogP contribution in [0.15, 0.2) is 22.7 Å². The molecule has 84 valence electrons. The molecule has 0 amide bonds. The minimum absolute atomic E-state index is 0.223. The molecule has 16 heavy (non-hydrogen) atoms. The van der Waals surface area contributed by atoms with E-state index in [2.05, 4.69) is 5.16 Å². The monoisotopic (exact) mass is 222 g/mol. The Hall–Kier alpha value is -2.04. The molecule has 0 aliphatic carbocycles. The van der Waals surface area contributed by atoms with Gasteiger partial charge in [-0.1, -0.05) is 5.16 Å². The van der Waals surface area contributed by atoms with Gasteiger partial charge in [0.15, 0.2) is 0 Å². The summed E-state index contributed by atoms with van der Waals surface area (Å²) in [4.78, 5) is 0. The molecule has 0 unspecified atom stereocenters. The third kappa shape index (κ3) is 1.60. The van der Waals surface area contributed by atoms with Crippen LogP contribution in [-0.4, -0.2) is 12.3 Å². The SMILES string of the molecule is COc1ccc(F)cc1-c1noc(N)c1C. The van der Waals surface area contributed by atoms with Gasteiger partial charge in [-0.25, -0.2) is 4.39 Å². The van der Waals surface area contributed by atoms with Gasteiger partial charge in [0.1, 0.15) is 17.3 Å². The summed E-state index contributed by atoms with van der Waals surface area (Å²) in [5.41, 5.74) is 7.24. The van der Waals surface area contributed by atoms with Crippen LogP contribution in [0.25, 0.3) is 11.3 Å². The molecular formula is C11H11FN2O2. The van der Waals surface area contributed by atoms with Gasteiger partial charge in [-0.05, 0) is 25.1 Å². The number of rotatable bonds is 2. The Bertz CT molecular complexity index is 523. The smallest absolute Gasteiger partial charge is 0.225 e. The van der Waals surface area contributed by atoms with Crippen LogP contribution in [-0.2, 0) is 0 Å². The lowest BCUT2D eigenvalue weighted by molar-refractivity contribution is 0.413. The maximum Gasteiger partial charge on any atom is 0.225 e. The van der Waals surface area contributed by atoms with Crippen LogP contribution in [0.2, 0.25) is 0 Å². The van der Waals surface area contributed by atoms with Gasteiger partial charge in [0.25, 0.3) is 0 Å². The fourth-order valence-electron chi connectivity index (χ4n) is 1.46. The molecule has 0 saturated carbocycles. The third-order valence-corrected chi connectivity index (χ3v) is 2.38. The van der Waals surface area contributed by atoms with Crippen molar-refractivity contribution in [1.29, 1.82) is 0 Å². The second-order valence-corrected chi connectivity index (χ2v) is 3.37. The van der Waals surface area contributed by atoms with Crippen molar-refractivity contribution in [3.05, 3.63) is 29.6 Å².